The summed E-state index contributed by atoms with van der Waals surface area (Å²) in [7, 11) is -0.201. The van der Waals surface area contributed by atoms with Crippen LogP contribution in [-0.2, 0) is 18.2 Å². The van der Waals surface area contributed by atoms with E-state index in [1.807, 2.05) is 0 Å². The van der Waals surface area contributed by atoms with Gasteiger partial charge < -0.3 is 9.05 Å². The quantitative estimate of drug-likeness (QED) is 0.669. The van der Waals surface area contributed by atoms with Gasteiger partial charge >= 0.3 is 7.60 Å². The lowest BCUT2D eigenvalue weighted by molar-refractivity contribution is 0.223. The maximum atomic E-state index is 12.0. The minimum absolute atomic E-state index is 0.238. The minimum Gasteiger partial charge on any atom is -0.308 e. The Hall–Kier alpha value is 0.630. The summed E-state index contributed by atoms with van der Waals surface area (Å²) < 4.78 is 35.2. The van der Waals surface area contributed by atoms with Gasteiger partial charge in [0, 0.05) is 0 Å². The Labute approximate surface area is 95.8 Å². The van der Waals surface area contributed by atoms with Gasteiger partial charge in [0.1, 0.15) is 5.90 Å². The van der Waals surface area contributed by atoms with Gasteiger partial charge in [-0.25, -0.2) is 4.67 Å². The van der Waals surface area contributed by atoms with Crippen molar-refractivity contribution in [2.75, 3.05) is 33.2 Å². The number of hydrogen-bond donors (Lipinski definition) is 0. The van der Waals surface area contributed by atoms with Gasteiger partial charge in [0.25, 0.3) is 0 Å². The van der Waals surface area contributed by atoms with E-state index in [2.05, 4.69) is 0 Å². The van der Waals surface area contributed by atoms with Crippen molar-refractivity contribution in [2.45, 2.75) is 13.8 Å². The Morgan fingerprint density at radius 3 is 1.80 bits per heavy atom. The third kappa shape index (κ3) is 5.48. The Morgan fingerprint density at radius 2 is 1.53 bits per heavy atom. The smallest absolute Gasteiger partial charge is 0.308 e. The maximum absolute atomic E-state index is 12.0. The molecule has 0 N–H and O–H groups in total. The van der Waals surface area contributed by atoms with Crippen molar-refractivity contribution in [3.63, 3.8) is 0 Å². The second-order valence-electron chi connectivity index (χ2n) is 3.05. The van der Waals surface area contributed by atoms with E-state index in [0.29, 0.717) is 0 Å². The van der Waals surface area contributed by atoms with Crippen LogP contribution in [0.4, 0.5) is 0 Å². The van der Waals surface area contributed by atoms with E-state index in [1.54, 1.807) is 27.9 Å². The molecular weight excluding hydrogens is 259 g/mol. The largest absolute Gasteiger partial charge is 0.340 e. The zero-order valence-electron chi connectivity index (χ0n) is 9.47. The van der Waals surface area contributed by atoms with Gasteiger partial charge in [-0.3, -0.25) is 9.13 Å². The number of hydrogen-bond acceptors (Lipinski definition) is 4. The average molecular weight is 278 g/mol. The second-order valence-corrected chi connectivity index (χ2v) is 9.54. The van der Waals surface area contributed by atoms with Crippen LogP contribution in [0.25, 0.3) is 0 Å². The average Bonchev–Trinajstić information content (AvgIpc) is 2.02. The highest BCUT2D eigenvalue weighted by atomic mass is 35.7. The first-order chi connectivity index (χ1) is 6.77. The van der Waals surface area contributed by atoms with Crippen LogP contribution in [0.1, 0.15) is 13.8 Å². The maximum Gasteiger partial charge on any atom is 0.340 e. The van der Waals surface area contributed by atoms with Crippen LogP contribution in [0.5, 0.6) is 0 Å². The molecule has 0 bridgehead atoms. The Bertz CT molecular complexity index is 274. The van der Waals surface area contributed by atoms with E-state index in [0.717, 1.165) is 0 Å². The zero-order valence-corrected chi connectivity index (χ0v) is 12.0. The molecule has 0 amide bonds. The Kier molecular flexibility index (Phi) is 6.65. The molecule has 92 valence electrons. The summed E-state index contributed by atoms with van der Waals surface area (Å²) in [5.74, 6) is -0.268. The molecule has 0 fully saturated rings. The van der Waals surface area contributed by atoms with Crippen LogP contribution in [0.3, 0.4) is 0 Å². The molecule has 0 rings (SSSR count). The van der Waals surface area contributed by atoms with Crippen molar-refractivity contribution in [3.8, 4) is 0 Å². The topological polar surface area (TPSA) is 55.8 Å². The molecule has 0 spiro atoms. The van der Waals surface area contributed by atoms with Crippen LogP contribution in [0.15, 0.2) is 0 Å². The van der Waals surface area contributed by atoms with Gasteiger partial charge in [0.05, 0.1) is 13.2 Å². The molecule has 0 radical (unpaired) electrons. The summed E-state index contributed by atoms with van der Waals surface area (Å²) in [6.07, 6.45) is 0. The van der Waals surface area contributed by atoms with Crippen molar-refractivity contribution < 1.29 is 18.2 Å². The predicted molar refractivity (Wildman–Crippen MR) is 62.9 cm³/mol. The van der Waals surface area contributed by atoms with E-state index < -0.39 is 14.2 Å². The highest BCUT2D eigenvalue weighted by Gasteiger charge is 2.36. The molecule has 0 saturated heterocycles. The Morgan fingerprint density at radius 1 is 1.13 bits per heavy atom. The van der Waals surface area contributed by atoms with Crippen LogP contribution in [0.2, 0.25) is 0 Å². The van der Waals surface area contributed by atoms with Gasteiger partial charge in [-0.2, -0.15) is 0 Å². The van der Waals surface area contributed by atoms with E-state index in [-0.39, 0.29) is 19.1 Å². The van der Waals surface area contributed by atoms with Crippen molar-refractivity contribution >= 4 is 25.5 Å². The number of rotatable bonds is 7. The molecule has 0 saturated carbocycles. The van der Waals surface area contributed by atoms with Crippen LogP contribution >= 0.6 is 25.5 Å². The predicted octanol–water partition coefficient (Wildman–Crippen LogP) is 3.20. The Balaban J connectivity index is 4.68. The van der Waals surface area contributed by atoms with Crippen LogP contribution < -0.4 is 0 Å². The van der Waals surface area contributed by atoms with Gasteiger partial charge in [0.15, 0.2) is 0 Å². The lowest BCUT2D eigenvalue weighted by atomic mass is 10.9. The first-order valence-electron chi connectivity index (χ1n) is 4.62. The fraction of sp³-hybridized carbons (Fsp3) is 1.00. The summed E-state index contributed by atoms with van der Waals surface area (Å²) in [6, 6.07) is 0. The van der Waals surface area contributed by atoms with Crippen LogP contribution in [0, 0.1) is 0 Å². The van der Waals surface area contributed by atoms with E-state index in [9.17, 15) is 9.13 Å². The fourth-order valence-electron chi connectivity index (χ4n) is 0.852. The van der Waals surface area contributed by atoms with Gasteiger partial charge in [-0.15, -0.1) is 0 Å². The third-order valence-electron chi connectivity index (χ3n) is 1.60. The molecule has 8 heteroatoms. The molecule has 0 aromatic heterocycles. The summed E-state index contributed by atoms with van der Waals surface area (Å²) in [5, 5.41) is 0. The van der Waals surface area contributed by atoms with Crippen molar-refractivity contribution in [1.82, 2.24) is 4.67 Å². The molecule has 0 aromatic carbocycles. The molecule has 15 heavy (non-hydrogen) atoms. The lowest BCUT2D eigenvalue weighted by Crippen LogP contribution is -2.09. The molecule has 5 nitrogen and oxygen atoms in total. The SMILES string of the molecule is CCOP(=O)(CP(=O)(Cl)N(C)C)OCC. The van der Waals surface area contributed by atoms with Crippen molar-refractivity contribution in [2.24, 2.45) is 0 Å². The number of nitrogens with zero attached hydrogens (tertiary/aromatic N) is 1. The molecule has 0 heterocycles. The zero-order chi connectivity index (χ0) is 12.1. The monoisotopic (exact) mass is 277 g/mol. The second kappa shape index (κ2) is 6.39. The fourth-order valence-corrected chi connectivity index (χ4v) is 6.27. The standard InChI is InChI=1S/C7H18ClNO4P2/c1-5-12-15(11,13-6-2)7-14(8,10)9(3)4/h5-7H2,1-4H3. The van der Waals surface area contributed by atoms with E-state index in [4.69, 9.17) is 20.3 Å². The molecule has 0 aliphatic carbocycles. The first kappa shape index (κ1) is 15.6. The highest BCUT2D eigenvalue weighted by Crippen LogP contribution is 2.66. The molecule has 1 atom stereocenters. The van der Waals surface area contributed by atoms with Crippen molar-refractivity contribution in [3.05, 3.63) is 0 Å². The lowest BCUT2D eigenvalue weighted by Gasteiger charge is -2.23. The van der Waals surface area contributed by atoms with Crippen molar-refractivity contribution in [1.29, 1.82) is 0 Å². The van der Waals surface area contributed by atoms with E-state index in [1.165, 1.54) is 4.67 Å². The van der Waals surface area contributed by atoms with E-state index >= 15 is 0 Å². The van der Waals surface area contributed by atoms with Gasteiger partial charge in [-0.1, -0.05) is 0 Å². The molecular formula is C7H18ClNO4P2. The van der Waals surface area contributed by atoms with Gasteiger partial charge in [-0.05, 0) is 39.2 Å². The number of halogens is 1. The van der Waals surface area contributed by atoms with Gasteiger partial charge in [0.2, 0.25) is 6.65 Å². The molecule has 1 unspecified atom stereocenters. The normalized spacial score (nSPS) is 16.7. The minimum atomic E-state index is -3.33. The molecule has 0 aliphatic heterocycles. The summed E-state index contributed by atoms with van der Waals surface area (Å²) in [5.41, 5.74) is 0. The summed E-state index contributed by atoms with van der Waals surface area (Å²) >= 11 is 5.78. The third-order valence-corrected chi connectivity index (χ3v) is 8.74. The summed E-state index contributed by atoms with van der Waals surface area (Å²) in [6.45, 7) is 0.712. The molecule has 0 aliphatic rings. The summed E-state index contributed by atoms with van der Waals surface area (Å²) in [4.78, 5) is 0. The van der Waals surface area contributed by atoms with Crippen LogP contribution in [-0.4, -0.2) is 37.9 Å². The first-order valence-corrected chi connectivity index (χ1v) is 9.10. The molecule has 0 aromatic rings. The highest BCUT2D eigenvalue weighted by molar-refractivity contribution is 7.93.